The summed E-state index contributed by atoms with van der Waals surface area (Å²) in [5.74, 6) is 0.940. The standard InChI is InChI=1S/C22H24N2O3/c1-15(21-11-17-9-5-6-10-20(17)27-21)23-18-12-19(13-18)24-22(25)26-14-16-7-3-2-4-8-16/h2-11,15,18-19,23H,12-14H2,1H3,(H,24,25). The van der Waals surface area contributed by atoms with Crippen molar-refractivity contribution in [2.24, 2.45) is 0 Å². The van der Waals surface area contributed by atoms with Crippen LogP contribution in [-0.2, 0) is 11.3 Å². The van der Waals surface area contributed by atoms with Crippen LogP contribution in [0.5, 0.6) is 0 Å². The molecule has 1 aliphatic carbocycles. The number of rotatable bonds is 6. The number of amides is 1. The van der Waals surface area contributed by atoms with Crippen LogP contribution >= 0.6 is 0 Å². The van der Waals surface area contributed by atoms with Crippen molar-refractivity contribution in [3.05, 3.63) is 72.0 Å². The van der Waals surface area contributed by atoms with Gasteiger partial charge in [-0.2, -0.15) is 0 Å². The molecular formula is C22H24N2O3. The van der Waals surface area contributed by atoms with E-state index in [0.29, 0.717) is 12.6 Å². The van der Waals surface area contributed by atoms with Crippen molar-refractivity contribution in [2.45, 2.75) is 44.5 Å². The van der Waals surface area contributed by atoms with Crippen molar-refractivity contribution in [3.63, 3.8) is 0 Å². The van der Waals surface area contributed by atoms with Crippen molar-refractivity contribution in [1.29, 1.82) is 0 Å². The molecule has 5 nitrogen and oxygen atoms in total. The number of furan rings is 1. The average molecular weight is 364 g/mol. The van der Waals surface area contributed by atoms with E-state index in [9.17, 15) is 4.79 Å². The van der Waals surface area contributed by atoms with E-state index in [1.54, 1.807) is 0 Å². The van der Waals surface area contributed by atoms with Crippen LogP contribution < -0.4 is 10.6 Å². The van der Waals surface area contributed by atoms with Crippen molar-refractivity contribution in [3.8, 4) is 0 Å². The van der Waals surface area contributed by atoms with Gasteiger partial charge in [-0.1, -0.05) is 48.5 Å². The summed E-state index contributed by atoms with van der Waals surface area (Å²) in [6, 6.07) is 20.5. The van der Waals surface area contributed by atoms with E-state index in [1.165, 1.54) is 0 Å². The lowest BCUT2D eigenvalue weighted by Gasteiger charge is -2.37. The van der Waals surface area contributed by atoms with Gasteiger partial charge in [0.05, 0.1) is 6.04 Å². The Morgan fingerprint density at radius 1 is 1.11 bits per heavy atom. The third-order valence-electron chi connectivity index (χ3n) is 5.03. The zero-order chi connectivity index (χ0) is 18.6. The third-order valence-corrected chi connectivity index (χ3v) is 5.03. The zero-order valence-electron chi connectivity index (χ0n) is 15.4. The molecule has 2 N–H and O–H groups in total. The SMILES string of the molecule is CC(NC1CC(NC(=O)OCc2ccccc2)C1)c1cc2ccccc2o1. The maximum atomic E-state index is 11.9. The minimum absolute atomic E-state index is 0.133. The third kappa shape index (κ3) is 4.31. The van der Waals surface area contributed by atoms with Crippen LogP contribution in [0, 0.1) is 0 Å². The molecule has 3 aromatic rings. The van der Waals surface area contributed by atoms with Gasteiger partial charge in [0.15, 0.2) is 0 Å². The molecule has 1 unspecified atom stereocenters. The summed E-state index contributed by atoms with van der Waals surface area (Å²) < 4.78 is 11.2. The Kier molecular flexibility index (Phi) is 5.12. The normalized spacial score (nSPS) is 20.0. The van der Waals surface area contributed by atoms with E-state index in [0.717, 1.165) is 35.1 Å². The van der Waals surface area contributed by atoms with Crippen LogP contribution in [0.25, 0.3) is 11.0 Å². The number of nitrogens with one attached hydrogen (secondary N) is 2. The average Bonchev–Trinajstić information content (AvgIpc) is 3.10. The molecule has 1 aliphatic rings. The molecule has 5 heteroatoms. The van der Waals surface area contributed by atoms with Gasteiger partial charge in [0.1, 0.15) is 18.0 Å². The highest BCUT2D eigenvalue weighted by molar-refractivity contribution is 5.77. The number of para-hydroxylation sites is 1. The fourth-order valence-electron chi connectivity index (χ4n) is 3.45. The quantitative estimate of drug-likeness (QED) is 0.674. The van der Waals surface area contributed by atoms with Crippen LogP contribution in [0.4, 0.5) is 4.79 Å². The van der Waals surface area contributed by atoms with Gasteiger partial charge in [-0.25, -0.2) is 4.79 Å². The van der Waals surface area contributed by atoms with Gasteiger partial charge < -0.3 is 19.8 Å². The van der Waals surface area contributed by atoms with Crippen LogP contribution in [0.15, 0.2) is 65.1 Å². The lowest BCUT2D eigenvalue weighted by atomic mass is 9.86. The molecule has 1 heterocycles. The Morgan fingerprint density at radius 2 is 1.85 bits per heavy atom. The smallest absolute Gasteiger partial charge is 0.407 e. The highest BCUT2D eigenvalue weighted by Crippen LogP contribution is 2.27. The Hall–Kier alpha value is -2.79. The molecule has 0 aliphatic heterocycles. The number of fused-ring (bicyclic) bond motifs is 1. The lowest BCUT2D eigenvalue weighted by Crippen LogP contribution is -2.52. The van der Waals surface area contributed by atoms with Gasteiger partial charge in [-0.15, -0.1) is 0 Å². The molecule has 0 saturated heterocycles. The largest absolute Gasteiger partial charge is 0.459 e. The first-order chi connectivity index (χ1) is 13.2. The Labute approximate surface area is 158 Å². The van der Waals surface area contributed by atoms with Gasteiger partial charge in [0, 0.05) is 17.5 Å². The minimum Gasteiger partial charge on any atom is -0.459 e. The summed E-state index contributed by atoms with van der Waals surface area (Å²) in [7, 11) is 0. The monoisotopic (exact) mass is 364 g/mol. The molecule has 4 rings (SSSR count). The molecular weight excluding hydrogens is 340 g/mol. The topological polar surface area (TPSA) is 63.5 Å². The number of carbonyl (C=O) groups is 1. The van der Waals surface area contributed by atoms with E-state index < -0.39 is 0 Å². The number of benzene rings is 2. The number of hydrogen-bond acceptors (Lipinski definition) is 4. The number of carbonyl (C=O) groups excluding carboxylic acids is 1. The molecule has 1 atom stereocenters. The molecule has 0 radical (unpaired) electrons. The summed E-state index contributed by atoms with van der Waals surface area (Å²) >= 11 is 0. The van der Waals surface area contributed by atoms with Crippen molar-refractivity contribution >= 4 is 17.1 Å². The first-order valence-electron chi connectivity index (χ1n) is 9.39. The lowest BCUT2D eigenvalue weighted by molar-refractivity contribution is 0.124. The highest BCUT2D eigenvalue weighted by Gasteiger charge is 2.32. The maximum absolute atomic E-state index is 11.9. The van der Waals surface area contributed by atoms with Gasteiger partial charge in [-0.3, -0.25) is 0 Å². The zero-order valence-corrected chi connectivity index (χ0v) is 15.4. The molecule has 140 valence electrons. The fraction of sp³-hybridized carbons (Fsp3) is 0.318. The molecule has 1 saturated carbocycles. The van der Waals surface area contributed by atoms with E-state index in [2.05, 4.69) is 29.7 Å². The van der Waals surface area contributed by atoms with Crippen LogP contribution in [0.1, 0.15) is 37.1 Å². The summed E-state index contributed by atoms with van der Waals surface area (Å²) in [6.07, 6.45) is 1.43. The Bertz CT molecular complexity index is 867. The first-order valence-corrected chi connectivity index (χ1v) is 9.39. The van der Waals surface area contributed by atoms with Crippen molar-refractivity contribution in [2.75, 3.05) is 0 Å². The molecule has 1 aromatic heterocycles. The molecule has 0 bridgehead atoms. The summed E-state index contributed by atoms with van der Waals surface area (Å²) in [6.45, 7) is 2.40. The van der Waals surface area contributed by atoms with Crippen molar-refractivity contribution < 1.29 is 13.9 Å². The van der Waals surface area contributed by atoms with E-state index in [4.69, 9.17) is 9.15 Å². The van der Waals surface area contributed by atoms with E-state index >= 15 is 0 Å². The summed E-state index contributed by atoms with van der Waals surface area (Å²) in [4.78, 5) is 11.9. The van der Waals surface area contributed by atoms with Crippen LogP contribution in [0.3, 0.4) is 0 Å². The van der Waals surface area contributed by atoms with Gasteiger partial charge in [0.2, 0.25) is 0 Å². The highest BCUT2D eigenvalue weighted by atomic mass is 16.5. The van der Waals surface area contributed by atoms with E-state index in [1.807, 2.05) is 48.5 Å². The summed E-state index contributed by atoms with van der Waals surface area (Å²) in [5, 5.41) is 7.62. The Morgan fingerprint density at radius 3 is 2.63 bits per heavy atom. The van der Waals surface area contributed by atoms with Crippen molar-refractivity contribution in [1.82, 2.24) is 10.6 Å². The minimum atomic E-state index is -0.354. The number of hydrogen-bond donors (Lipinski definition) is 2. The Balaban J connectivity index is 1.19. The predicted octanol–water partition coefficient (Wildman–Crippen LogP) is 4.54. The van der Waals surface area contributed by atoms with Crippen LogP contribution in [0.2, 0.25) is 0 Å². The fourth-order valence-corrected chi connectivity index (χ4v) is 3.45. The molecule has 1 amide bonds. The van der Waals surface area contributed by atoms with Gasteiger partial charge in [-0.05, 0) is 37.5 Å². The number of alkyl carbamates (subject to hydrolysis) is 1. The summed E-state index contributed by atoms with van der Waals surface area (Å²) in [5.41, 5.74) is 1.90. The molecule has 27 heavy (non-hydrogen) atoms. The van der Waals surface area contributed by atoms with E-state index in [-0.39, 0.29) is 18.2 Å². The molecule has 0 spiro atoms. The second-order valence-corrected chi connectivity index (χ2v) is 7.15. The predicted molar refractivity (Wildman–Crippen MR) is 104 cm³/mol. The first kappa shape index (κ1) is 17.6. The number of ether oxygens (including phenoxy) is 1. The second-order valence-electron chi connectivity index (χ2n) is 7.15. The van der Waals surface area contributed by atoms with Gasteiger partial charge in [0.25, 0.3) is 0 Å². The molecule has 2 aromatic carbocycles. The van der Waals surface area contributed by atoms with Gasteiger partial charge >= 0.3 is 6.09 Å². The molecule has 1 fully saturated rings. The van der Waals surface area contributed by atoms with Crippen LogP contribution in [-0.4, -0.2) is 18.2 Å². The second kappa shape index (κ2) is 7.84. The maximum Gasteiger partial charge on any atom is 0.407 e.